The first-order valence-electron chi connectivity index (χ1n) is 9.17. The van der Waals surface area contributed by atoms with Crippen LogP contribution in [0.2, 0.25) is 0 Å². The predicted octanol–water partition coefficient (Wildman–Crippen LogP) is 4.00. The van der Waals surface area contributed by atoms with E-state index in [1.54, 1.807) is 0 Å². The third kappa shape index (κ3) is 4.04. The summed E-state index contributed by atoms with van der Waals surface area (Å²) in [6, 6.07) is 9.55. The van der Waals surface area contributed by atoms with Crippen molar-refractivity contribution in [3.8, 4) is 5.75 Å². The van der Waals surface area contributed by atoms with E-state index >= 15 is 0 Å². The van der Waals surface area contributed by atoms with Crippen molar-refractivity contribution >= 4 is 39.1 Å². The summed E-state index contributed by atoms with van der Waals surface area (Å²) >= 11 is 4.94. The number of halogens is 1. The number of carbonyl (C=O) groups excluding carboxylic acids is 2. The fourth-order valence-corrected chi connectivity index (χ4v) is 4.81. The largest absolute Gasteiger partial charge is 0.493 e. The van der Waals surface area contributed by atoms with Gasteiger partial charge in [-0.05, 0) is 42.5 Å². The Balaban J connectivity index is 1.43. The van der Waals surface area contributed by atoms with Gasteiger partial charge >= 0.3 is 0 Å². The molecular formula is C20H21BrN2O3S. The van der Waals surface area contributed by atoms with Crippen LogP contribution in [0.4, 0.5) is 0 Å². The molecule has 0 radical (unpaired) electrons. The number of nitrogens with one attached hydrogen (secondary N) is 1. The summed E-state index contributed by atoms with van der Waals surface area (Å²) in [5.41, 5.74) is 1.01. The molecule has 2 aliphatic heterocycles. The molecule has 5 nitrogen and oxygen atoms in total. The van der Waals surface area contributed by atoms with Crippen LogP contribution in [0.25, 0.3) is 0 Å². The van der Waals surface area contributed by atoms with Gasteiger partial charge < -0.3 is 15.0 Å². The van der Waals surface area contributed by atoms with Crippen LogP contribution in [0, 0.1) is 5.92 Å². The van der Waals surface area contributed by atoms with Crippen molar-refractivity contribution in [1.29, 1.82) is 0 Å². The first kappa shape index (κ1) is 18.5. The van der Waals surface area contributed by atoms with Gasteiger partial charge in [-0.1, -0.05) is 22.0 Å². The maximum absolute atomic E-state index is 12.9. The molecule has 4 rings (SSSR count). The van der Waals surface area contributed by atoms with Crippen molar-refractivity contribution in [3.05, 3.63) is 50.6 Å². The number of amides is 2. The molecule has 7 heteroatoms. The SMILES string of the molecule is O=C(NC1CCOc2ccc(Br)cc21)C1CCCN(C(=O)c2cccs2)C1. The molecule has 0 spiro atoms. The topological polar surface area (TPSA) is 58.6 Å². The Bertz CT molecular complexity index is 840. The number of carbonyl (C=O) groups is 2. The molecule has 1 saturated heterocycles. The van der Waals surface area contributed by atoms with Crippen molar-refractivity contribution < 1.29 is 14.3 Å². The number of piperidine rings is 1. The van der Waals surface area contributed by atoms with Crippen LogP contribution in [-0.2, 0) is 4.79 Å². The normalized spacial score (nSPS) is 21.9. The number of hydrogen-bond acceptors (Lipinski definition) is 4. The van der Waals surface area contributed by atoms with Gasteiger partial charge in [-0.3, -0.25) is 9.59 Å². The van der Waals surface area contributed by atoms with Gasteiger partial charge in [-0.25, -0.2) is 0 Å². The third-order valence-electron chi connectivity index (χ3n) is 5.14. The van der Waals surface area contributed by atoms with E-state index in [0.717, 1.165) is 39.9 Å². The van der Waals surface area contributed by atoms with Gasteiger partial charge in [0.15, 0.2) is 0 Å². The van der Waals surface area contributed by atoms with E-state index in [1.807, 2.05) is 40.6 Å². The second-order valence-electron chi connectivity index (χ2n) is 6.95. The first-order chi connectivity index (χ1) is 13.1. The number of ether oxygens (including phenoxy) is 1. The number of hydrogen-bond donors (Lipinski definition) is 1. The number of likely N-dealkylation sites (tertiary alicyclic amines) is 1. The number of nitrogens with zero attached hydrogens (tertiary/aromatic N) is 1. The smallest absolute Gasteiger partial charge is 0.263 e. The average molecular weight is 449 g/mol. The summed E-state index contributed by atoms with van der Waals surface area (Å²) in [6.07, 6.45) is 2.42. The lowest BCUT2D eigenvalue weighted by Gasteiger charge is -2.33. The van der Waals surface area contributed by atoms with E-state index in [1.165, 1.54) is 11.3 Å². The summed E-state index contributed by atoms with van der Waals surface area (Å²) in [6.45, 7) is 1.79. The summed E-state index contributed by atoms with van der Waals surface area (Å²) in [5.74, 6) is 0.716. The second kappa shape index (κ2) is 8.02. The number of benzene rings is 1. The molecule has 1 aromatic carbocycles. The molecule has 0 aliphatic carbocycles. The standard InChI is InChI=1S/C20H21BrN2O3S/c21-14-5-6-17-15(11-14)16(7-9-26-17)22-19(24)13-3-1-8-23(12-13)20(25)18-4-2-10-27-18/h2,4-6,10-11,13,16H,1,3,7-9,12H2,(H,22,24). The van der Waals surface area contributed by atoms with E-state index in [0.29, 0.717) is 19.7 Å². The maximum Gasteiger partial charge on any atom is 0.263 e. The van der Waals surface area contributed by atoms with E-state index in [4.69, 9.17) is 4.74 Å². The molecule has 2 unspecified atom stereocenters. The molecule has 142 valence electrons. The van der Waals surface area contributed by atoms with Crippen molar-refractivity contribution in [3.63, 3.8) is 0 Å². The number of fused-ring (bicyclic) bond motifs is 1. The zero-order valence-corrected chi connectivity index (χ0v) is 17.2. The molecular weight excluding hydrogens is 428 g/mol. The van der Waals surface area contributed by atoms with E-state index in [2.05, 4.69) is 21.2 Å². The Hall–Kier alpha value is -1.86. The van der Waals surface area contributed by atoms with Crippen LogP contribution in [0.1, 0.15) is 40.5 Å². The molecule has 2 aliphatic rings. The summed E-state index contributed by atoms with van der Waals surface area (Å²) in [7, 11) is 0. The number of rotatable bonds is 3. The lowest BCUT2D eigenvalue weighted by Crippen LogP contribution is -2.46. The molecule has 1 N–H and O–H groups in total. The fraction of sp³-hybridized carbons (Fsp3) is 0.400. The highest BCUT2D eigenvalue weighted by molar-refractivity contribution is 9.10. The Morgan fingerprint density at radius 2 is 2.15 bits per heavy atom. The Morgan fingerprint density at radius 3 is 2.96 bits per heavy atom. The van der Waals surface area contributed by atoms with Gasteiger partial charge in [-0.15, -0.1) is 11.3 Å². The third-order valence-corrected chi connectivity index (χ3v) is 6.49. The van der Waals surface area contributed by atoms with Crippen molar-refractivity contribution in [2.45, 2.75) is 25.3 Å². The van der Waals surface area contributed by atoms with Gasteiger partial charge in [0.25, 0.3) is 5.91 Å². The van der Waals surface area contributed by atoms with Gasteiger partial charge in [0.2, 0.25) is 5.91 Å². The highest BCUT2D eigenvalue weighted by Gasteiger charge is 2.31. The van der Waals surface area contributed by atoms with Gasteiger partial charge in [0.1, 0.15) is 5.75 Å². The molecule has 27 heavy (non-hydrogen) atoms. The van der Waals surface area contributed by atoms with Crippen LogP contribution in [0.15, 0.2) is 40.2 Å². The average Bonchev–Trinajstić information content (AvgIpc) is 3.23. The quantitative estimate of drug-likeness (QED) is 0.771. The second-order valence-corrected chi connectivity index (χ2v) is 8.81. The Morgan fingerprint density at radius 1 is 1.26 bits per heavy atom. The Kier molecular flexibility index (Phi) is 5.50. The zero-order chi connectivity index (χ0) is 18.8. The van der Waals surface area contributed by atoms with E-state index in [9.17, 15) is 9.59 Å². The molecule has 1 fully saturated rings. The van der Waals surface area contributed by atoms with Gasteiger partial charge in [0, 0.05) is 29.5 Å². The minimum atomic E-state index is -0.166. The molecule has 2 amide bonds. The van der Waals surface area contributed by atoms with Crippen LogP contribution >= 0.6 is 27.3 Å². The molecule has 1 aromatic heterocycles. The van der Waals surface area contributed by atoms with Crippen molar-refractivity contribution in [2.75, 3.05) is 19.7 Å². The van der Waals surface area contributed by atoms with E-state index in [-0.39, 0.29) is 23.8 Å². The van der Waals surface area contributed by atoms with Gasteiger partial charge in [0.05, 0.1) is 23.4 Å². The number of thiophene rings is 1. The van der Waals surface area contributed by atoms with Crippen LogP contribution in [0.3, 0.4) is 0 Å². The van der Waals surface area contributed by atoms with Crippen molar-refractivity contribution in [2.24, 2.45) is 5.92 Å². The van der Waals surface area contributed by atoms with Crippen molar-refractivity contribution in [1.82, 2.24) is 10.2 Å². The molecule has 2 aromatic rings. The molecule has 3 heterocycles. The minimum absolute atomic E-state index is 0.0245. The maximum atomic E-state index is 12.9. The fourth-order valence-electron chi connectivity index (χ4n) is 3.74. The minimum Gasteiger partial charge on any atom is -0.493 e. The predicted molar refractivity (Wildman–Crippen MR) is 108 cm³/mol. The summed E-state index contributed by atoms with van der Waals surface area (Å²) in [4.78, 5) is 28.1. The lowest BCUT2D eigenvalue weighted by molar-refractivity contribution is -0.127. The van der Waals surface area contributed by atoms with Gasteiger partial charge in [-0.2, -0.15) is 0 Å². The van der Waals surface area contributed by atoms with Crippen LogP contribution in [-0.4, -0.2) is 36.4 Å². The summed E-state index contributed by atoms with van der Waals surface area (Å²) < 4.78 is 6.67. The lowest BCUT2D eigenvalue weighted by atomic mass is 9.95. The monoisotopic (exact) mass is 448 g/mol. The zero-order valence-electron chi connectivity index (χ0n) is 14.8. The van der Waals surface area contributed by atoms with E-state index < -0.39 is 0 Å². The molecule has 2 atom stereocenters. The molecule has 0 saturated carbocycles. The highest BCUT2D eigenvalue weighted by Crippen LogP contribution is 2.34. The first-order valence-corrected chi connectivity index (χ1v) is 10.8. The van der Waals surface area contributed by atoms with Crippen LogP contribution < -0.4 is 10.1 Å². The molecule has 0 bridgehead atoms. The summed E-state index contributed by atoms with van der Waals surface area (Å²) in [5, 5.41) is 5.10. The Labute approximate surface area is 170 Å². The van der Waals surface area contributed by atoms with Crippen LogP contribution in [0.5, 0.6) is 5.75 Å². The highest BCUT2D eigenvalue weighted by atomic mass is 79.9.